The molecule has 0 radical (unpaired) electrons. The van der Waals surface area contributed by atoms with E-state index in [4.69, 9.17) is 9.15 Å². The molecule has 1 saturated heterocycles. The predicted molar refractivity (Wildman–Crippen MR) is 60.8 cm³/mol. The van der Waals surface area contributed by atoms with Crippen molar-refractivity contribution in [2.75, 3.05) is 24.6 Å². The van der Waals surface area contributed by atoms with Gasteiger partial charge in [-0.2, -0.15) is 0 Å². The topological polar surface area (TPSA) is 42.7 Å². The van der Waals surface area contributed by atoms with Crippen molar-refractivity contribution in [3.8, 4) is 0 Å². The highest BCUT2D eigenvalue weighted by atomic mass is 16.5. The number of carbonyl (C=O) groups excluding carboxylic acids is 1. The van der Waals surface area contributed by atoms with Crippen LogP contribution >= 0.6 is 0 Å². The minimum absolute atomic E-state index is 0.337. The second-order valence-corrected chi connectivity index (χ2v) is 4.01. The molecular formula is C12H17NO3. The van der Waals surface area contributed by atoms with E-state index in [-0.39, 0.29) is 5.97 Å². The maximum atomic E-state index is 11.6. The predicted octanol–water partition coefficient (Wildman–Crippen LogP) is 2.36. The summed E-state index contributed by atoms with van der Waals surface area (Å²) in [6.07, 6.45) is 2.38. The number of carbonyl (C=O) groups is 1. The fourth-order valence-corrected chi connectivity index (χ4v) is 1.96. The molecule has 0 N–H and O–H groups in total. The van der Waals surface area contributed by atoms with Crippen LogP contribution in [0.3, 0.4) is 0 Å². The number of hydrogen-bond acceptors (Lipinski definition) is 4. The molecule has 16 heavy (non-hydrogen) atoms. The van der Waals surface area contributed by atoms with Gasteiger partial charge in [-0.3, -0.25) is 0 Å². The van der Waals surface area contributed by atoms with Gasteiger partial charge >= 0.3 is 5.97 Å². The summed E-state index contributed by atoms with van der Waals surface area (Å²) in [7, 11) is 0. The van der Waals surface area contributed by atoms with E-state index in [0.717, 1.165) is 24.5 Å². The Bertz CT molecular complexity index is 378. The van der Waals surface area contributed by atoms with Gasteiger partial charge in [0.1, 0.15) is 0 Å². The normalized spacial score (nSPS) is 15.5. The molecule has 4 nitrogen and oxygen atoms in total. The minimum Gasteiger partial charge on any atom is -0.460 e. The molecule has 0 unspecified atom stereocenters. The quantitative estimate of drug-likeness (QED) is 0.738. The third kappa shape index (κ3) is 2.05. The van der Waals surface area contributed by atoms with Crippen LogP contribution in [0.15, 0.2) is 10.5 Å². The summed E-state index contributed by atoms with van der Waals surface area (Å²) in [6.45, 7) is 6.05. The highest BCUT2D eigenvalue weighted by molar-refractivity contribution is 5.88. The summed E-state index contributed by atoms with van der Waals surface area (Å²) in [4.78, 5) is 13.7. The summed E-state index contributed by atoms with van der Waals surface area (Å²) in [5, 5.41) is 0. The molecule has 4 heteroatoms. The lowest BCUT2D eigenvalue weighted by Gasteiger charge is -2.12. The van der Waals surface area contributed by atoms with Crippen molar-refractivity contribution in [2.45, 2.75) is 26.7 Å². The van der Waals surface area contributed by atoms with E-state index in [1.54, 1.807) is 6.92 Å². The summed E-state index contributed by atoms with van der Waals surface area (Å²) in [5.41, 5.74) is 0.848. The van der Waals surface area contributed by atoms with Crippen molar-refractivity contribution >= 4 is 11.9 Å². The van der Waals surface area contributed by atoms with E-state index >= 15 is 0 Å². The first-order valence-corrected chi connectivity index (χ1v) is 5.75. The van der Waals surface area contributed by atoms with Gasteiger partial charge in [-0.1, -0.05) is 0 Å². The van der Waals surface area contributed by atoms with Crippen molar-refractivity contribution in [1.82, 2.24) is 0 Å². The molecule has 0 aliphatic carbocycles. The van der Waals surface area contributed by atoms with Crippen LogP contribution in [-0.2, 0) is 4.74 Å². The van der Waals surface area contributed by atoms with Crippen LogP contribution in [0.5, 0.6) is 0 Å². The highest BCUT2D eigenvalue weighted by Gasteiger charge is 2.21. The Morgan fingerprint density at radius 3 is 2.81 bits per heavy atom. The van der Waals surface area contributed by atoms with Gasteiger partial charge in [-0.05, 0) is 26.7 Å². The van der Waals surface area contributed by atoms with E-state index < -0.39 is 0 Å². The van der Waals surface area contributed by atoms with Crippen molar-refractivity contribution in [1.29, 1.82) is 0 Å². The smallest absolute Gasteiger partial charge is 0.374 e. The summed E-state index contributed by atoms with van der Waals surface area (Å²) in [5.74, 6) is 0.757. The Hall–Kier alpha value is -1.45. The SMILES string of the molecule is CCOC(=O)c1oc(N2CCCC2)cc1C. The van der Waals surface area contributed by atoms with Crippen LogP contribution in [0.2, 0.25) is 0 Å². The molecule has 1 aromatic rings. The van der Waals surface area contributed by atoms with E-state index in [9.17, 15) is 4.79 Å². The number of furan rings is 1. The Balaban J connectivity index is 2.17. The average Bonchev–Trinajstić information content (AvgIpc) is 2.86. The van der Waals surface area contributed by atoms with E-state index in [1.807, 2.05) is 13.0 Å². The Morgan fingerprint density at radius 1 is 1.50 bits per heavy atom. The number of rotatable bonds is 3. The van der Waals surface area contributed by atoms with Gasteiger partial charge in [0.15, 0.2) is 5.88 Å². The molecule has 0 amide bonds. The average molecular weight is 223 g/mol. The monoisotopic (exact) mass is 223 g/mol. The lowest BCUT2D eigenvalue weighted by molar-refractivity contribution is 0.0489. The number of aryl methyl sites for hydroxylation is 1. The van der Waals surface area contributed by atoms with Crippen molar-refractivity contribution < 1.29 is 13.9 Å². The highest BCUT2D eigenvalue weighted by Crippen LogP contribution is 2.26. The molecule has 1 aliphatic heterocycles. The molecule has 1 aliphatic rings. The molecular weight excluding hydrogens is 206 g/mol. The molecule has 0 saturated carbocycles. The number of esters is 1. The second-order valence-electron chi connectivity index (χ2n) is 4.01. The van der Waals surface area contributed by atoms with Gasteiger partial charge in [0.05, 0.1) is 6.61 Å². The van der Waals surface area contributed by atoms with Gasteiger partial charge in [0.2, 0.25) is 5.76 Å². The zero-order valence-corrected chi connectivity index (χ0v) is 9.78. The van der Waals surface area contributed by atoms with Crippen LogP contribution in [0, 0.1) is 6.92 Å². The number of anilines is 1. The summed E-state index contributed by atoms with van der Waals surface area (Å²) in [6, 6.07) is 1.91. The van der Waals surface area contributed by atoms with E-state index in [0.29, 0.717) is 12.4 Å². The standard InChI is InChI=1S/C12H17NO3/c1-3-15-12(14)11-9(2)8-10(16-11)13-6-4-5-7-13/h8H,3-7H2,1-2H3. The molecule has 1 fully saturated rings. The number of nitrogens with zero attached hydrogens (tertiary/aromatic N) is 1. The molecule has 88 valence electrons. The van der Waals surface area contributed by atoms with Gasteiger partial charge in [-0.25, -0.2) is 4.79 Å². The fraction of sp³-hybridized carbons (Fsp3) is 0.583. The third-order valence-corrected chi connectivity index (χ3v) is 2.78. The summed E-state index contributed by atoms with van der Waals surface area (Å²) < 4.78 is 10.5. The van der Waals surface area contributed by atoms with E-state index in [1.165, 1.54) is 12.8 Å². The molecule has 0 aromatic carbocycles. The lowest BCUT2D eigenvalue weighted by Crippen LogP contribution is -2.16. The van der Waals surface area contributed by atoms with Gasteiger partial charge in [-0.15, -0.1) is 0 Å². The molecule has 0 bridgehead atoms. The van der Waals surface area contributed by atoms with Crippen molar-refractivity contribution in [3.05, 3.63) is 17.4 Å². The fourth-order valence-electron chi connectivity index (χ4n) is 1.96. The lowest BCUT2D eigenvalue weighted by atomic mass is 10.3. The van der Waals surface area contributed by atoms with Crippen molar-refractivity contribution in [2.24, 2.45) is 0 Å². The Morgan fingerprint density at radius 2 is 2.19 bits per heavy atom. The first-order valence-electron chi connectivity index (χ1n) is 5.75. The van der Waals surface area contributed by atoms with Gasteiger partial charge in [0, 0.05) is 24.7 Å². The molecule has 0 atom stereocenters. The zero-order chi connectivity index (χ0) is 11.5. The first kappa shape index (κ1) is 11.0. The Kier molecular flexibility index (Phi) is 3.17. The molecule has 0 spiro atoms. The van der Waals surface area contributed by atoms with Crippen LogP contribution in [-0.4, -0.2) is 25.7 Å². The first-order chi connectivity index (χ1) is 7.72. The number of ether oxygens (including phenoxy) is 1. The van der Waals surface area contributed by atoms with Gasteiger partial charge < -0.3 is 14.1 Å². The third-order valence-electron chi connectivity index (χ3n) is 2.78. The summed E-state index contributed by atoms with van der Waals surface area (Å²) >= 11 is 0. The van der Waals surface area contributed by atoms with E-state index in [2.05, 4.69) is 4.90 Å². The minimum atomic E-state index is -0.370. The van der Waals surface area contributed by atoms with Gasteiger partial charge in [0.25, 0.3) is 0 Å². The van der Waals surface area contributed by atoms with Crippen molar-refractivity contribution in [3.63, 3.8) is 0 Å². The second kappa shape index (κ2) is 4.60. The largest absolute Gasteiger partial charge is 0.460 e. The zero-order valence-electron chi connectivity index (χ0n) is 9.78. The number of hydrogen-bond donors (Lipinski definition) is 0. The molecule has 2 heterocycles. The molecule has 1 aromatic heterocycles. The van der Waals surface area contributed by atoms with Crippen LogP contribution in [0.4, 0.5) is 5.88 Å². The molecule has 2 rings (SSSR count). The Labute approximate surface area is 95.2 Å². The maximum absolute atomic E-state index is 11.6. The van der Waals surface area contributed by atoms with Crippen LogP contribution < -0.4 is 4.90 Å². The van der Waals surface area contributed by atoms with Crippen LogP contribution in [0.25, 0.3) is 0 Å². The van der Waals surface area contributed by atoms with Crippen LogP contribution in [0.1, 0.15) is 35.9 Å². The maximum Gasteiger partial charge on any atom is 0.374 e.